The van der Waals surface area contributed by atoms with Gasteiger partial charge in [0.1, 0.15) is 0 Å². The molecule has 0 aromatic heterocycles. The Bertz CT molecular complexity index is 198. The number of rotatable bonds is 3. The summed E-state index contributed by atoms with van der Waals surface area (Å²) in [6, 6.07) is 10.3. The van der Waals surface area contributed by atoms with Gasteiger partial charge in [0.05, 0.1) is 0 Å². The summed E-state index contributed by atoms with van der Waals surface area (Å²) in [5.74, 6) is 0. The number of halogens is 2. The highest BCUT2D eigenvalue weighted by atomic mass is 127. The maximum Gasteiger partial charge on any atom is 0.0465 e. The van der Waals surface area contributed by atoms with Gasteiger partial charge in [0, 0.05) is 9.80 Å². The first-order valence-electron chi connectivity index (χ1n) is 3.57. The summed E-state index contributed by atoms with van der Waals surface area (Å²) in [6.07, 6.45) is 0.978. The van der Waals surface area contributed by atoms with Crippen molar-refractivity contribution < 1.29 is 0 Å². The zero-order valence-electron chi connectivity index (χ0n) is 6.13. The molecule has 0 aliphatic heterocycles. The molecule has 0 amide bonds. The van der Waals surface area contributed by atoms with E-state index in [-0.39, 0.29) is 5.38 Å². The van der Waals surface area contributed by atoms with E-state index in [1.165, 1.54) is 5.56 Å². The molecule has 11 heavy (non-hydrogen) atoms. The molecule has 0 N–H and O–H groups in total. The topological polar surface area (TPSA) is 0 Å². The largest absolute Gasteiger partial charge is 0.122 e. The van der Waals surface area contributed by atoms with Gasteiger partial charge < -0.3 is 0 Å². The van der Waals surface area contributed by atoms with Gasteiger partial charge in [-0.25, -0.2) is 0 Å². The molecule has 60 valence electrons. The van der Waals surface area contributed by atoms with Gasteiger partial charge in [-0.05, 0) is 12.0 Å². The van der Waals surface area contributed by atoms with Crippen molar-refractivity contribution in [1.82, 2.24) is 0 Å². The summed E-state index contributed by atoms with van der Waals surface area (Å²) in [4.78, 5) is 0. The van der Waals surface area contributed by atoms with Gasteiger partial charge in [0.15, 0.2) is 0 Å². The molecule has 1 aromatic carbocycles. The Balaban J connectivity index is 2.51. The quantitative estimate of drug-likeness (QED) is 0.589. The van der Waals surface area contributed by atoms with E-state index in [1.807, 2.05) is 18.2 Å². The number of hydrogen-bond acceptors (Lipinski definition) is 0. The molecule has 0 heterocycles. The number of benzene rings is 1. The normalized spacial score (nSPS) is 12.9. The fourth-order valence-corrected chi connectivity index (χ4v) is 1.41. The van der Waals surface area contributed by atoms with Crippen molar-refractivity contribution >= 4 is 34.2 Å². The molecule has 0 saturated carbocycles. The van der Waals surface area contributed by atoms with Crippen LogP contribution < -0.4 is 0 Å². The maximum atomic E-state index is 5.99. The van der Waals surface area contributed by atoms with Crippen molar-refractivity contribution in [3.63, 3.8) is 0 Å². The average Bonchev–Trinajstić information content (AvgIpc) is 2.06. The third-order valence-corrected chi connectivity index (χ3v) is 3.36. The molecule has 0 nitrogen and oxygen atoms in total. The van der Waals surface area contributed by atoms with Crippen LogP contribution in [0.3, 0.4) is 0 Å². The van der Waals surface area contributed by atoms with Gasteiger partial charge in [0.2, 0.25) is 0 Å². The van der Waals surface area contributed by atoms with E-state index in [1.54, 1.807) is 0 Å². The lowest BCUT2D eigenvalue weighted by atomic mass is 10.1. The van der Waals surface area contributed by atoms with Crippen LogP contribution in [0.5, 0.6) is 0 Å². The zero-order valence-corrected chi connectivity index (χ0v) is 9.05. The van der Waals surface area contributed by atoms with Gasteiger partial charge >= 0.3 is 0 Å². The van der Waals surface area contributed by atoms with Crippen molar-refractivity contribution in [3.05, 3.63) is 35.9 Å². The second-order valence-electron chi connectivity index (χ2n) is 2.44. The fraction of sp³-hybridized carbons (Fsp3) is 0.333. The second kappa shape index (κ2) is 4.99. The first-order chi connectivity index (χ1) is 5.33. The number of hydrogen-bond donors (Lipinski definition) is 0. The van der Waals surface area contributed by atoms with Gasteiger partial charge in [-0.3, -0.25) is 0 Å². The maximum absolute atomic E-state index is 5.99. The van der Waals surface area contributed by atoms with E-state index < -0.39 is 0 Å². The van der Waals surface area contributed by atoms with Crippen LogP contribution in [0.15, 0.2) is 30.3 Å². The van der Waals surface area contributed by atoms with E-state index >= 15 is 0 Å². The van der Waals surface area contributed by atoms with Crippen LogP contribution in [0.25, 0.3) is 0 Å². The molecule has 0 aliphatic rings. The Morgan fingerprint density at radius 1 is 1.27 bits per heavy atom. The summed E-state index contributed by atoms with van der Waals surface area (Å²) in [7, 11) is 0. The van der Waals surface area contributed by atoms with Crippen LogP contribution in [0.4, 0.5) is 0 Å². The van der Waals surface area contributed by atoms with Crippen LogP contribution >= 0.6 is 34.2 Å². The van der Waals surface area contributed by atoms with Crippen molar-refractivity contribution in [2.45, 2.75) is 11.8 Å². The molecule has 0 fully saturated rings. The first-order valence-corrected chi connectivity index (χ1v) is 5.53. The summed E-state index contributed by atoms with van der Waals surface area (Å²) in [6.45, 7) is 0. The molecule has 2 heteroatoms. The van der Waals surface area contributed by atoms with Crippen molar-refractivity contribution in [2.24, 2.45) is 0 Å². The molecule has 1 aromatic rings. The molecule has 1 atom stereocenters. The minimum absolute atomic E-state index is 0.276. The monoisotopic (exact) mass is 280 g/mol. The fourth-order valence-electron chi connectivity index (χ4n) is 0.924. The van der Waals surface area contributed by atoms with Crippen LogP contribution in [-0.4, -0.2) is 9.80 Å². The average molecular weight is 281 g/mol. The van der Waals surface area contributed by atoms with Crippen molar-refractivity contribution in [1.29, 1.82) is 0 Å². The van der Waals surface area contributed by atoms with Crippen LogP contribution in [0.1, 0.15) is 5.56 Å². The standard InChI is InChI=1S/C9H10ClI/c10-9(7-11)6-8-4-2-1-3-5-8/h1-5,9H,6-7H2. The van der Waals surface area contributed by atoms with Gasteiger partial charge in [-0.2, -0.15) is 0 Å². The second-order valence-corrected chi connectivity index (χ2v) is 3.94. The molecule has 0 spiro atoms. The highest BCUT2D eigenvalue weighted by Crippen LogP contribution is 2.09. The summed E-state index contributed by atoms with van der Waals surface area (Å²) < 4.78 is 1.01. The van der Waals surface area contributed by atoms with Gasteiger partial charge in [0.25, 0.3) is 0 Å². The first kappa shape index (κ1) is 9.33. The molecule has 0 saturated heterocycles. The Morgan fingerprint density at radius 3 is 2.45 bits per heavy atom. The summed E-state index contributed by atoms with van der Waals surface area (Å²) in [5.41, 5.74) is 1.32. The van der Waals surface area contributed by atoms with Crippen molar-refractivity contribution in [3.8, 4) is 0 Å². The Hall–Kier alpha value is 0.240. The Labute approximate surface area is 86.1 Å². The minimum atomic E-state index is 0.276. The van der Waals surface area contributed by atoms with E-state index in [9.17, 15) is 0 Å². The minimum Gasteiger partial charge on any atom is -0.122 e. The zero-order chi connectivity index (χ0) is 8.10. The molecule has 0 aliphatic carbocycles. The predicted octanol–water partition coefficient (Wildman–Crippen LogP) is 3.27. The molecular weight excluding hydrogens is 270 g/mol. The highest BCUT2D eigenvalue weighted by Gasteiger charge is 2.01. The molecular formula is C9H10ClI. The molecule has 0 radical (unpaired) electrons. The smallest absolute Gasteiger partial charge is 0.0465 e. The van der Waals surface area contributed by atoms with Gasteiger partial charge in [-0.15, -0.1) is 11.6 Å². The van der Waals surface area contributed by atoms with Crippen LogP contribution in [0.2, 0.25) is 0 Å². The van der Waals surface area contributed by atoms with Crippen LogP contribution in [0, 0.1) is 0 Å². The van der Waals surface area contributed by atoms with Gasteiger partial charge in [-0.1, -0.05) is 52.9 Å². The van der Waals surface area contributed by atoms with E-state index in [2.05, 4.69) is 34.7 Å². The third kappa shape index (κ3) is 3.43. The predicted molar refractivity (Wildman–Crippen MR) is 58.7 cm³/mol. The summed E-state index contributed by atoms with van der Waals surface area (Å²) >= 11 is 8.30. The lowest BCUT2D eigenvalue weighted by molar-refractivity contribution is 0.955. The molecule has 0 bridgehead atoms. The lowest BCUT2D eigenvalue weighted by Crippen LogP contribution is -2.03. The van der Waals surface area contributed by atoms with Crippen molar-refractivity contribution in [2.75, 3.05) is 4.43 Å². The Kier molecular flexibility index (Phi) is 4.23. The SMILES string of the molecule is ClC(CI)Cc1ccccc1. The molecule has 1 unspecified atom stereocenters. The third-order valence-electron chi connectivity index (χ3n) is 1.47. The summed E-state index contributed by atoms with van der Waals surface area (Å²) in [5, 5.41) is 0.276. The Morgan fingerprint density at radius 2 is 1.91 bits per heavy atom. The van der Waals surface area contributed by atoms with Crippen LogP contribution in [-0.2, 0) is 6.42 Å². The van der Waals surface area contributed by atoms with E-state index in [4.69, 9.17) is 11.6 Å². The molecule has 1 rings (SSSR count). The highest BCUT2D eigenvalue weighted by molar-refractivity contribution is 14.1. The number of alkyl halides is 2. The lowest BCUT2D eigenvalue weighted by Gasteiger charge is -2.03. The van der Waals surface area contributed by atoms with E-state index in [0.29, 0.717) is 0 Å². The van der Waals surface area contributed by atoms with E-state index in [0.717, 1.165) is 10.8 Å².